The van der Waals surface area contributed by atoms with Gasteiger partial charge >= 0.3 is 5.97 Å². The van der Waals surface area contributed by atoms with E-state index in [0.29, 0.717) is 13.0 Å². The Balaban J connectivity index is 1.63. The average Bonchev–Trinajstić information content (AvgIpc) is 3.07. The van der Waals surface area contributed by atoms with E-state index in [1.165, 1.54) is 11.1 Å². The highest BCUT2D eigenvalue weighted by molar-refractivity contribution is 7.81. The Hall–Kier alpha value is -1.46. The third-order valence-electron chi connectivity index (χ3n) is 3.64. The molecule has 2 aromatic rings. The molecule has 0 aliphatic rings. The van der Waals surface area contributed by atoms with E-state index in [4.69, 9.17) is 9.84 Å². The van der Waals surface area contributed by atoms with Crippen molar-refractivity contribution in [3.63, 3.8) is 0 Å². The first kappa shape index (κ1) is 17.9. The van der Waals surface area contributed by atoms with Crippen LogP contribution in [0.4, 0.5) is 0 Å². The Bertz CT molecular complexity index is 579. The van der Waals surface area contributed by atoms with Gasteiger partial charge in [-0.1, -0.05) is 25.0 Å². The van der Waals surface area contributed by atoms with E-state index in [2.05, 4.69) is 36.2 Å². The Morgan fingerprint density at radius 1 is 1.13 bits per heavy atom. The zero-order valence-electron chi connectivity index (χ0n) is 13.0. The Morgan fingerprint density at radius 2 is 1.91 bits per heavy atom. The topological polar surface area (TPSA) is 46.5 Å². The minimum Gasteiger partial charge on any atom is -0.489 e. The first-order chi connectivity index (χ1) is 11.1. The third kappa shape index (κ3) is 6.67. The maximum absolute atomic E-state index is 10.7. The van der Waals surface area contributed by atoms with E-state index < -0.39 is 11.2 Å². The molecular formula is C18H22O3S2. The van der Waals surface area contributed by atoms with Crippen molar-refractivity contribution in [2.75, 3.05) is 0 Å². The van der Waals surface area contributed by atoms with Crippen molar-refractivity contribution in [2.45, 2.75) is 44.0 Å². The van der Waals surface area contributed by atoms with Crippen molar-refractivity contribution in [3.8, 4) is 5.75 Å². The van der Waals surface area contributed by atoms with Crippen LogP contribution in [-0.2, 0) is 17.8 Å². The largest absolute Gasteiger partial charge is 0.489 e. The maximum atomic E-state index is 10.7. The monoisotopic (exact) mass is 350 g/mol. The molecule has 124 valence electrons. The SMILES string of the molecule is O=C(O)C(S)CCCCCc1ccc(OCc2ccsc2)cc1. The number of carboxylic acids is 1. The Morgan fingerprint density at radius 3 is 2.57 bits per heavy atom. The maximum Gasteiger partial charge on any atom is 0.316 e. The number of hydrogen-bond donors (Lipinski definition) is 2. The quantitative estimate of drug-likeness (QED) is 0.477. The second-order valence-electron chi connectivity index (χ2n) is 5.52. The Kier molecular flexibility index (Phi) is 7.49. The highest BCUT2D eigenvalue weighted by Crippen LogP contribution is 2.17. The molecule has 0 amide bonds. The van der Waals surface area contributed by atoms with Gasteiger partial charge in [-0.25, -0.2) is 0 Å². The number of thiophene rings is 1. The van der Waals surface area contributed by atoms with Crippen LogP contribution in [0.1, 0.15) is 36.8 Å². The summed E-state index contributed by atoms with van der Waals surface area (Å²) in [5.41, 5.74) is 2.48. The second-order valence-corrected chi connectivity index (χ2v) is 6.92. The predicted molar refractivity (Wildman–Crippen MR) is 97.7 cm³/mol. The fourth-order valence-electron chi connectivity index (χ4n) is 2.26. The van der Waals surface area contributed by atoms with Gasteiger partial charge in [0.15, 0.2) is 0 Å². The molecule has 0 aliphatic heterocycles. The summed E-state index contributed by atoms with van der Waals surface area (Å²) in [5, 5.41) is 12.4. The summed E-state index contributed by atoms with van der Waals surface area (Å²) in [7, 11) is 0. The van der Waals surface area contributed by atoms with Crippen molar-refractivity contribution in [3.05, 3.63) is 52.2 Å². The molecule has 1 heterocycles. The van der Waals surface area contributed by atoms with E-state index in [1.54, 1.807) is 11.3 Å². The molecule has 5 heteroatoms. The van der Waals surface area contributed by atoms with Gasteiger partial charge in [-0.3, -0.25) is 4.79 Å². The number of aliphatic carboxylic acids is 1. The van der Waals surface area contributed by atoms with Crippen LogP contribution in [0.3, 0.4) is 0 Å². The van der Waals surface area contributed by atoms with Gasteiger partial charge in [-0.05, 0) is 59.3 Å². The van der Waals surface area contributed by atoms with E-state index >= 15 is 0 Å². The summed E-state index contributed by atoms with van der Waals surface area (Å²) in [6.07, 6.45) is 4.64. The molecular weight excluding hydrogens is 328 g/mol. The van der Waals surface area contributed by atoms with Crippen LogP contribution in [0.2, 0.25) is 0 Å². The van der Waals surface area contributed by atoms with Gasteiger partial charge in [0.1, 0.15) is 12.4 Å². The lowest BCUT2D eigenvalue weighted by atomic mass is 10.1. The third-order valence-corrected chi connectivity index (χ3v) is 4.85. The van der Waals surface area contributed by atoms with Crippen molar-refractivity contribution >= 4 is 29.9 Å². The van der Waals surface area contributed by atoms with Crippen LogP contribution in [0.15, 0.2) is 41.1 Å². The lowest BCUT2D eigenvalue weighted by Gasteiger charge is -2.07. The molecule has 1 aromatic carbocycles. The van der Waals surface area contributed by atoms with Crippen molar-refractivity contribution < 1.29 is 14.6 Å². The van der Waals surface area contributed by atoms with Gasteiger partial charge in [0.05, 0.1) is 5.25 Å². The minimum absolute atomic E-state index is 0.533. The van der Waals surface area contributed by atoms with E-state index in [1.807, 2.05) is 17.5 Å². The summed E-state index contributed by atoms with van der Waals surface area (Å²) in [4.78, 5) is 10.7. The lowest BCUT2D eigenvalue weighted by molar-refractivity contribution is -0.136. The highest BCUT2D eigenvalue weighted by atomic mass is 32.1. The molecule has 3 nitrogen and oxygen atoms in total. The Labute approximate surface area is 146 Å². The highest BCUT2D eigenvalue weighted by Gasteiger charge is 2.10. The first-order valence-electron chi connectivity index (χ1n) is 7.79. The van der Waals surface area contributed by atoms with E-state index in [9.17, 15) is 4.79 Å². The van der Waals surface area contributed by atoms with Crippen LogP contribution in [-0.4, -0.2) is 16.3 Å². The summed E-state index contributed by atoms with van der Waals surface area (Å²) < 4.78 is 5.74. The molecule has 1 unspecified atom stereocenters. The molecule has 0 aliphatic carbocycles. The minimum atomic E-state index is -0.827. The fraction of sp³-hybridized carbons (Fsp3) is 0.389. The van der Waals surface area contributed by atoms with Gasteiger partial charge in [-0.2, -0.15) is 24.0 Å². The van der Waals surface area contributed by atoms with Crippen LogP contribution in [0.5, 0.6) is 5.75 Å². The van der Waals surface area contributed by atoms with Crippen LogP contribution in [0, 0.1) is 0 Å². The molecule has 1 aromatic heterocycles. The molecule has 1 atom stereocenters. The molecule has 0 fully saturated rings. The van der Waals surface area contributed by atoms with Gasteiger partial charge < -0.3 is 9.84 Å². The molecule has 23 heavy (non-hydrogen) atoms. The standard InChI is InChI=1S/C18H22O3S2/c19-18(20)17(22)5-3-1-2-4-14-6-8-16(9-7-14)21-12-15-10-11-23-13-15/h6-11,13,17,22H,1-5,12H2,(H,19,20). The predicted octanol–water partition coefficient (Wildman–Crippen LogP) is 4.81. The molecule has 0 saturated heterocycles. The molecule has 0 radical (unpaired) electrons. The molecule has 0 saturated carbocycles. The smallest absolute Gasteiger partial charge is 0.316 e. The number of thiol groups is 1. The van der Waals surface area contributed by atoms with Gasteiger partial charge in [-0.15, -0.1) is 0 Å². The number of unbranched alkanes of at least 4 members (excludes halogenated alkanes) is 2. The van der Waals surface area contributed by atoms with Crippen molar-refractivity contribution in [2.24, 2.45) is 0 Å². The van der Waals surface area contributed by atoms with Crippen molar-refractivity contribution in [1.82, 2.24) is 0 Å². The van der Waals surface area contributed by atoms with E-state index in [0.717, 1.165) is 31.4 Å². The first-order valence-corrected chi connectivity index (χ1v) is 9.25. The average molecular weight is 351 g/mol. The molecule has 2 rings (SSSR count). The number of carbonyl (C=O) groups is 1. The van der Waals surface area contributed by atoms with Crippen molar-refractivity contribution in [1.29, 1.82) is 0 Å². The number of rotatable bonds is 10. The molecule has 0 spiro atoms. The summed E-state index contributed by atoms with van der Waals surface area (Å²) in [5.74, 6) is 0.0608. The number of hydrogen-bond acceptors (Lipinski definition) is 4. The van der Waals surface area contributed by atoms with Gasteiger partial charge in [0, 0.05) is 0 Å². The van der Waals surface area contributed by atoms with E-state index in [-0.39, 0.29) is 0 Å². The number of ether oxygens (including phenoxy) is 1. The second kappa shape index (κ2) is 9.63. The fourth-order valence-corrected chi connectivity index (χ4v) is 3.10. The summed E-state index contributed by atoms with van der Waals surface area (Å²) >= 11 is 5.71. The number of carboxylic acid groups (broad SMARTS) is 1. The zero-order chi connectivity index (χ0) is 16.5. The summed E-state index contributed by atoms with van der Waals surface area (Å²) in [6, 6.07) is 10.3. The van der Waals surface area contributed by atoms with Crippen LogP contribution in [0.25, 0.3) is 0 Å². The molecule has 0 bridgehead atoms. The van der Waals surface area contributed by atoms with Gasteiger partial charge in [0.25, 0.3) is 0 Å². The molecule has 1 N–H and O–H groups in total. The normalized spacial score (nSPS) is 12.0. The van der Waals surface area contributed by atoms with Gasteiger partial charge in [0.2, 0.25) is 0 Å². The zero-order valence-corrected chi connectivity index (χ0v) is 14.7. The summed E-state index contributed by atoms with van der Waals surface area (Å²) in [6.45, 7) is 0.608. The lowest BCUT2D eigenvalue weighted by Crippen LogP contribution is -2.12. The van der Waals surface area contributed by atoms with Crippen LogP contribution >= 0.6 is 24.0 Å². The number of aryl methyl sites for hydroxylation is 1. The van der Waals surface area contributed by atoms with Crippen LogP contribution < -0.4 is 4.74 Å². The number of benzene rings is 1.